The first-order valence-electron chi connectivity index (χ1n) is 23.6. The lowest BCUT2D eigenvalue weighted by molar-refractivity contribution is -0.138. The standard InChI is InChI=1S/C54H60N6O4S2/c1-5-35(6-2)49(61)57-47(41-17-11-9-12-18-41)53(63)59-31-15-21-43(59)51-55-33-45(65-51)39-27-23-37(24-28-39)38-25-29-40(30-26-38)46-34-56-52(66-46)44-22-16-32-60(44)54(64)48(42-19-13-10-14-20-42)58-50(62)36(7-3)8-4/h9-14,17-20,23-30,33-36,43-44,47-48H,5-8,15-16,21-22,31-32H2,1-4H3,(H,57,61)(H,58,62)/t43-,44-,47+,48+/m0/s1. The smallest absolute Gasteiger partial charge is 0.250 e. The van der Waals surface area contributed by atoms with Crippen LogP contribution in [-0.2, 0) is 19.2 Å². The second-order valence-corrected chi connectivity index (χ2v) is 19.5. The monoisotopic (exact) mass is 920 g/mol. The van der Waals surface area contributed by atoms with Crippen molar-refractivity contribution < 1.29 is 19.2 Å². The van der Waals surface area contributed by atoms with Gasteiger partial charge in [0, 0.05) is 37.3 Å². The first-order valence-corrected chi connectivity index (χ1v) is 25.3. The van der Waals surface area contributed by atoms with Gasteiger partial charge in [0.2, 0.25) is 23.6 Å². The zero-order valence-corrected chi connectivity index (χ0v) is 40.0. The average molecular weight is 921 g/mol. The van der Waals surface area contributed by atoms with Crippen molar-refractivity contribution in [1.82, 2.24) is 30.4 Å². The number of hydrogen-bond acceptors (Lipinski definition) is 8. The van der Waals surface area contributed by atoms with Gasteiger partial charge in [0.25, 0.3) is 0 Å². The van der Waals surface area contributed by atoms with E-state index in [1.54, 1.807) is 22.7 Å². The first kappa shape index (κ1) is 46.5. The van der Waals surface area contributed by atoms with Crippen molar-refractivity contribution in [2.45, 2.75) is 103 Å². The Kier molecular flexibility index (Phi) is 15.2. The van der Waals surface area contributed by atoms with E-state index in [1.165, 1.54) is 0 Å². The highest BCUT2D eigenvalue weighted by Gasteiger charge is 2.39. The molecule has 0 bridgehead atoms. The summed E-state index contributed by atoms with van der Waals surface area (Å²) in [6.07, 6.45) is 10.1. The van der Waals surface area contributed by atoms with Crippen LogP contribution in [0.5, 0.6) is 0 Å². The van der Waals surface area contributed by atoms with Crippen molar-refractivity contribution in [3.8, 4) is 32.0 Å². The quantitative estimate of drug-likeness (QED) is 0.0939. The molecule has 2 aromatic heterocycles. The lowest BCUT2D eigenvalue weighted by atomic mass is 10.00. The normalized spacial score (nSPS) is 17.0. The largest absolute Gasteiger partial charge is 0.340 e. The van der Waals surface area contributed by atoms with Crippen LogP contribution < -0.4 is 10.6 Å². The van der Waals surface area contributed by atoms with Crippen LogP contribution in [0.15, 0.2) is 122 Å². The number of nitrogens with one attached hydrogen (secondary N) is 2. The highest BCUT2D eigenvalue weighted by molar-refractivity contribution is 7.15. The Labute approximate surface area is 396 Å². The van der Waals surface area contributed by atoms with Crippen LogP contribution in [-0.4, -0.2) is 56.5 Å². The molecule has 4 heterocycles. The van der Waals surface area contributed by atoms with Crippen LogP contribution in [0, 0.1) is 11.8 Å². The third-order valence-electron chi connectivity index (χ3n) is 13.4. The zero-order valence-electron chi connectivity index (χ0n) is 38.3. The van der Waals surface area contributed by atoms with E-state index in [2.05, 4.69) is 59.2 Å². The third kappa shape index (κ3) is 10.2. The molecule has 10 nitrogen and oxygen atoms in total. The van der Waals surface area contributed by atoms with Gasteiger partial charge in [-0.25, -0.2) is 9.97 Å². The highest BCUT2D eigenvalue weighted by Crippen LogP contribution is 2.41. The van der Waals surface area contributed by atoms with Gasteiger partial charge in [-0.1, -0.05) is 137 Å². The second-order valence-electron chi connectivity index (χ2n) is 17.4. The van der Waals surface area contributed by atoms with E-state index in [9.17, 15) is 19.2 Å². The summed E-state index contributed by atoms with van der Waals surface area (Å²) in [6, 6.07) is 34.4. The number of benzene rings is 4. The van der Waals surface area contributed by atoms with E-state index in [-0.39, 0.29) is 47.5 Å². The van der Waals surface area contributed by atoms with Crippen LogP contribution in [0.1, 0.15) is 124 Å². The number of amides is 4. The molecule has 4 atom stereocenters. The van der Waals surface area contributed by atoms with Gasteiger partial charge >= 0.3 is 0 Å². The molecule has 0 saturated carbocycles. The summed E-state index contributed by atoms with van der Waals surface area (Å²) in [5, 5.41) is 8.03. The molecule has 2 N–H and O–H groups in total. The Bertz CT molecular complexity index is 2390. The number of nitrogens with zero attached hydrogens (tertiary/aromatic N) is 4. The van der Waals surface area contributed by atoms with E-state index in [4.69, 9.17) is 9.97 Å². The number of rotatable bonds is 17. The molecule has 0 aliphatic carbocycles. The maximum Gasteiger partial charge on any atom is 0.250 e. The van der Waals surface area contributed by atoms with Gasteiger partial charge < -0.3 is 20.4 Å². The van der Waals surface area contributed by atoms with Crippen molar-refractivity contribution in [1.29, 1.82) is 0 Å². The summed E-state index contributed by atoms with van der Waals surface area (Å²) < 4.78 is 0. The second kappa shape index (κ2) is 21.5. The van der Waals surface area contributed by atoms with Crippen LogP contribution in [0.25, 0.3) is 32.0 Å². The Hall–Kier alpha value is -5.98. The lowest BCUT2D eigenvalue weighted by Crippen LogP contribution is -2.44. The number of carbonyl (C=O) groups excluding carboxylic acids is 4. The predicted molar refractivity (Wildman–Crippen MR) is 264 cm³/mol. The molecule has 4 amide bonds. The molecule has 2 fully saturated rings. The molecule has 12 heteroatoms. The number of hydrogen-bond donors (Lipinski definition) is 2. The lowest BCUT2D eigenvalue weighted by Gasteiger charge is -2.29. The molecule has 2 aliphatic heterocycles. The topological polar surface area (TPSA) is 125 Å². The van der Waals surface area contributed by atoms with E-state index in [1.807, 2.05) is 111 Å². The van der Waals surface area contributed by atoms with Crippen molar-refractivity contribution >= 4 is 46.3 Å². The van der Waals surface area contributed by atoms with E-state index < -0.39 is 12.1 Å². The van der Waals surface area contributed by atoms with Crippen LogP contribution in [0.4, 0.5) is 0 Å². The van der Waals surface area contributed by atoms with Gasteiger partial charge in [0.05, 0.1) is 21.8 Å². The minimum atomic E-state index is -0.749. The third-order valence-corrected chi connectivity index (χ3v) is 15.7. The molecule has 2 aliphatic rings. The van der Waals surface area contributed by atoms with Crippen molar-refractivity contribution in [3.63, 3.8) is 0 Å². The number of likely N-dealkylation sites (tertiary alicyclic amines) is 2. The number of thiazole rings is 2. The van der Waals surface area contributed by atoms with Crippen molar-refractivity contribution in [2.24, 2.45) is 11.8 Å². The fourth-order valence-electron chi connectivity index (χ4n) is 9.42. The fraction of sp³-hybridized carbons (Fsp3) is 0.370. The molecule has 0 spiro atoms. The molecule has 6 aromatic rings. The number of carbonyl (C=O) groups is 4. The predicted octanol–water partition coefficient (Wildman–Crippen LogP) is 11.5. The summed E-state index contributed by atoms with van der Waals surface area (Å²) in [4.78, 5) is 70.7. The summed E-state index contributed by atoms with van der Waals surface area (Å²) in [5.41, 5.74) is 5.90. The van der Waals surface area contributed by atoms with Gasteiger partial charge in [-0.2, -0.15) is 0 Å². The molecule has 2 saturated heterocycles. The number of aromatic nitrogens is 2. The fourth-order valence-corrected chi connectivity index (χ4v) is 11.6. The van der Waals surface area contributed by atoms with E-state index in [0.29, 0.717) is 13.1 Å². The van der Waals surface area contributed by atoms with E-state index >= 15 is 0 Å². The molecule has 0 radical (unpaired) electrons. The van der Waals surface area contributed by atoms with Crippen LogP contribution in [0.2, 0.25) is 0 Å². The molecule has 342 valence electrons. The summed E-state index contributed by atoms with van der Waals surface area (Å²) in [5.74, 6) is -0.628. The molecular formula is C54H60N6O4S2. The Morgan fingerprint density at radius 1 is 0.530 bits per heavy atom. The molecule has 0 unspecified atom stereocenters. The first-order chi connectivity index (χ1) is 32.2. The summed E-state index contributed by atoms with van der Waals surface area (Å²) >= 11 is 3.24. The Balaban J connectivity index is 0.926. The SMILES string of the molecule is CCC(CC)C(=O)N[C@@H](C(=O)N1CCC[C@H]1c1ncc(-c2ccc(-c3ccc(-c4cnc([C@@H]5CCCN5C(=O)[C@H](NC(=O)C(CC)CC)c5ccccc5)s4)cc3)cc2)s1)c1ccccc1. The van der Waals surface area contributed by atoms with Gasteiger partial charge in [0.1, 0.15) is 22.1 Å². The zero-order chi connectivity index (χ0) is 46.2. The highest BCUT2D eigenvalue weighted by atomic mass is 32.1. The molecule has 4 aromatic carbocycles. The van der Waals surface area contributed by atoms with Gasteiger partial charge in [-0.15, -0.1) is 22.7 Å². The van der Waals surface area contributed by atoms with Gasteiger partial charge in [-0.3, -0.25) is 19.2 Å². The summed E-state index contributed by atoms with van der Waals surface area (Å²) in [7, 11) is 0. The van der Waals surface area contributed by atoms with Crippen molar-refractivity contribution in [2.75, 3.05) is 13.1 Å². The van der Waals surface area contributed by atoms with Crippen LogP contribution >= 0.6 is 22.7 Å². The Morgan fingerprint density at radius 2 is 0.879 bits per heavy atom. The van der Waals surface area contributed by atoms with Crippen LogP contribution in [0.3, 0.4) is 0 Å². The minimum absolute atomic E-state index is 0.0837. The maximum atomic E-state index is 14.3. The minimum Gasteiger partial charge on any atom is -0.340 e. The van der Waals surface area contributed by atoms with Gasteiger partial charge in [-0.05, 0) is 84.7 Å². The van der Waals surface area contributed by atoms with E-state index in [0.717, 1.165) is 105 Å². The maximum absolute atomic E-state index is 14.3. The van der Waals surface area contributed by atoms with Gasteiger partial charge in [0.15, 0.2) is 0 Å². The molecule has 8 rings (SSSR count). The Morgan fingerprint density at radius 3 is 1.23 bits per heavy atom. The molecule has 66 heavy (non-hydrogen) atoms. The van der Waals surface area contributed by atoms with Crippen molar-refractivity contribution in [3.05, 3.63) is 143 Å². The average Bonchev–Trinajstić information content (AvgIpc) is 4.22. The summed E-state index contributed by atoms with van der Waals surface area (Å²) in [6.45, 7) is 9.27. The molecular weight excluding hydrogens is 861 g/mol.